The smallest absolute Gasteiger partial charge is 0.316 e. The zero-order valence-electron chi connectivity index (χ0n) is 24.0. The van der Waals surface area contributed by atoms with Crippen LogP contribution >= 0.6 is 0 Å². The van der Waals surface area contributed by atoms with Crippen molar-refractivity contribution in [3.8, 4) is 11.4 Å². The van der Waals surface area contributed by atoms with Crippen molar-refractivity contribution < 1.29 is 19.1 Å². The van der Waals surface area contributed by atoms with Gasteiger partial charge in [-0.1, -0.05) is 97.1 Å². The third kappa shape index (κ3) is 8.14. The maximum Gasteiger partial charge on any atom is 0.316 e. The monoisotopic (exact) mass is 571 g/mol. The van der Waals surface area contributed by atoms with E-state index in [4.69, 9.17) is 9.47 Å². The molecule has 0 spiro atoms. The Kier molecular flexibility index (Phi) is 9.88. The van der Waals surface area contributed by atoms with Gasteiger partial charge in [0.15, 0.2) is 0 Å². The van der Waals surface area contributed by atoms with E-state index in [2.05, 4.69) is 10.2 Å². The predicted octanol–water partition coefficient (Wildman–Crippen LogP) is 6.91. The number of allylic oxidation sites excluding steroid dienone is 1. The first kappa shape index (κ1) is 29.2. The van der Waals surface area contributed by atoms with E-state index in [-0.39, 0.29) is 18.8 Å². The summed E-state index contributed by atoms with van der Waals surface area (Å²) in [6.07, 6.45) is 8.45. The summed E-state index contributed by atoms with van der Waals surface area (Å²) in [6.45, 7) is 1.92. The van der Waals surface area contributed by atoms with Crippen molar-refractivity contribution in [2.75, 3.05) is 13.2 Å². The predicted molar refractivity (Wildman–Crippen MR) is 169 cm³/mol. The third-order valence-corrected chi connectivity index (χ3v) is 6.86. The molecule has 0 bridgehead atoms. The number of ketones is 1. The van der Waals surface area contributed by atoms with E-state index in [1.54, 1.807) is 4.80 Å². The molecule has 0 fully saturated rings. The Bertz CT molecular complexity index is 1690. The van der Waals surface area contributed by atoms with E-state index in [0.717, 1.165) is 27.7 Å². The molecule has 0 aliphatic carbocycles. The first-order valence-corrected chi connectivity index (χ1v) is 14.3. The van der Waals surface area contributed by atoms with Gasteiger partial charge in [-0.15, -0.1) is 15.0 Å². The van der Waals surface area contributed by atoms with Crippen molar-refractivity contribution in [2.24, 2.45) is 5.92 Å². The fourth-order valence-corrected chi connectivity index (χ4v) is 4.55. The first-order chi connectivity index (χ1) is 21.1. The molecule has 0 amide bonds. The van der Waals surface area contributed by atoms with Crippen LogP contribution in [0.5, 0.6) is 5.75 Å². The second-order valence-corrected chi connectivity index (χ2v) is 10.0. The number of ether oxygens (including phenoxy) is 2. The molecule has 7 nitrogen and oxygen atoms in total. The van der Waals surface area contributed by atoms with Crippen molar-refractivity contribution in [3.63, 3.8) is 0 Å². The Morgan fingerprint density at radius 2 is 1.40 bits per heavy atom. The summed E-state index contributed by atoms with van der Waals surface area (Å²) in [5.74, 6) is -0.947. The fourth-order valence-electron chi connectivity index (χ4n) is 4.55. The number of aromatic nitrogens is 3. The summed E-state index contributed by atoms with van der Waals surface area (Å²) in [7, 11) is 0. The van der Waals surface area contributed by atoms with Crippen molar-refractivity contribution >= 4 is 34.9 Å². The maximum absolute atomic E-state index is 12.8. The molecule has 4 aromatic carbocycles. The van der Waals surface area contributed by atoms with E-state index >= 15 is 0 Å². The molecule has 0 aliphatic heterocycles. The number of nitrogens with zero attached hydrogens (tertiary/aromatic N) is 3. The van der Waals surface area contributed by atoms with Gasteiger partial charge in [0, 0.05) is 6.42 Å². The van der Waals surface area contributed by atoms with Crippen LogP contribution in [-0.4, -0.2) is 40.0 Å². The zero-order valence-corrected chi connectivity index (χ0v) is 24.0. The Hall–Kier alpha value is -5.30. The summed E-state index contributed by atoms with van der Waals surface area (Å²) in [5.41, 5.74) is 5.24. The number of hydrogen-bond acceptors (Lipinski definition) is 6. The van der Waals surface area contributed by atoms with Crippen LogP contribution in [0.3, 0.4) is 0 Å². The van der Waals surface area contributed by atoms with Crippen LogP contribution in [0, 0.1) is 5.92 Å². The Labute approximate surface area is 251 Å². The molecule has 0 N–H and O–H groups in total. The molecule has 5 aromatic rings. The quantitative estimate of drug-likeness (QED) is 0.113. The minimum Gasteiger partial charge on any atom is -0.487 e. The van der Waals surface area contributed by atoms with Gasteiger partial charge < -0.3 is 9.47 Å². The van der Waals surface area contributed by atoms with Gasteiger partial charge >= 0.3 is 5.97 Å². The van der Waals surface area contributed by atoms with Crippen LogP contribution in [0.1, 0.15) is 30.0 Å². The lowest BCUT2D eigenvalue weighted by Crippen LogP contribution is -2.24. The van der Waals surface area contributed by atoms with Crippen LogP contribution in [0.2, 0.25) is 0 Å². The molecule has 216 valence electrons. The highest BCUT2D eigenvalue weighted by Crippen LogP contribution is 2.25. The number of benzene rings is 4. The Morgan fingerprint density at radius 3 is 2.02 bits per heavy atom. The minimum absolute atomic E-state index is 0.138. The SMILES string of the molecule is CC(=O)C(CC=Cc1ccccc1)C(=O)OCCc1ccc(OCC=Cc2ccccc2)c(-n2nc3ccccc3n2)c1. The molecule has 0 aliphatic rings. The Balaban J connectivity index is 1.25. The highest BCUT2D eigenvalue weighted by atomic mass is 16.5. The number of rotatable bonds is 13. The zero-order chi connectivity index (χ0) is 29.9. The average molecular weight is 572 g/mol. The molecule has 1 heterocycles. The van der Waals surface area contributed by atoms with Gasteiger partial charge in [0.05, 0.1) is 6.61 Å². The lowest BCUT2D eigenvalue weighted by Gasteiger charge is -2.13. The molecular weight excluding hydrogens is 538 g/mol. The molecule has 0 saturated carbocycles. The summed E-state index contributed by atoms with van der Waals surface area (Å²) in [5, 5.41) is 9.28. The molecule has 0 saturated heterocycles. The van der Waals surface area contributed by atoms with Crippen LogP contribution in [0.4, 0.5) is 0 Å². The van der Waals surface area contributed by atoms with Crippen LogP contribution in [0.25, 0.3) is 28.9 Å². The van der Waals surface area contributed by atoms with Crippen LogP contribution < -0.4 is 4.74 Å². The number of carbonyl (C=O) groups is 2. The molecular formula is C36H33N3O4. The second kappa shape index (κ2) is 14.5. The van der Waals surface area contributed by atoms with E-state index in [1.807, 2.05) is 127 Å². The molecule has 43 heavy (non-hydrogen) atoms. The Morgan fingerprint density at radius 1 is 0.791 bits per heavy atom. The van der Waals surface area contributed by atoms with Crippen LogP contribution in [0.15, 0.2) is 115 Å². The lowest BCUT2D eigenvalue weighted by atomic mass is 10.0. The summed E-state index contributed by atoms with van der Waals surface area (Å²) in [6, 6.07) is 33.2. The van der Waals surface area contributed by atoms with Gasteiger partial charge in [-0.25, -0.2) is 0 Å². The van der Waals surface area contributed by atoms with Gasteiger partial charge in [-0.2, -0.15) is 0 Å². The van der Waals surface area contributed by atoms with E-state index in [0.29, 0.717) is 24.5 Å². The van der Waals surface area contributed by atoms with Crippen LogP contribution in [-0.2, 0) is 20.7 Å². The lowest BCUT2D eigenvalue weighted by molar-refractivity contribution is -0.151. The molecule has 0 radical (unpaired) electrons. The number of hydrogen-bond donors (Lipinski definition) is 0. The second-order valence-electron chi connectivity index (χ2n) is 10.0. The fraction of sp³-hybridized carbons (Fsp3) is 0.167. The van der Waals surface area contributed by atoms with Gasteiger partial charge in [-0.05, 0) is 60.4 Å². The van der Waals surface area contributed by atoms with Crippen molar-refractivity contribution in [2.45, 2.75) is 19.8 Å². The summed E-state index contributed by atoms with van der Waals surface area (Å²) >= 11 is 0. The van der Waals surface area contributed by atoms with Gasteiger partial charge in [0.25, 0.3) is 0 Å². The number of Topliss-reactive ketones (excluding diaryl/α,β-unsaturated/α-hetero) is 1. The van der Waals surface area contributed by atoms with Crippen molar-refractivity contribution in [3.05, 3.63) is 132 Å². The molecule has 1 aromatic heterocycles. The third-order valence-electron chi connectivity index (χ3n) is 6.86. The van der Waals surface area contributed by atoms with E-state index in [9.17, 15) is 9.59 Å². The van der Waals surface area contributed by atoms with Gasteiger partial charge in [-0.3, -0.25) is 9.59 Å². The van der Waals surface area contributed by atoms with Gasteiger partial charge in [0.1, 0.15) is 40.8 Å². The summed E-state index contributed by atoms with van der Waals surface area (Å²) in [4.78, 5) is 26.5. The molecule has 5 rings (SSSR count). The van der Waals surface area contributed by atoms with Crippen molar-refractivity contribution in [1.82, 2.24) is 15.0 Å². The highest BCUT2D eigenvalue weighted by molar-refractivity contribution is 5.98. The minimum atomic E-state index is -0.837. The molecule has 1 atom stereocenters. The summed E-state index contributed by atoms with van der Waals surface area (Å²) < 4.78 is 11.7. The largest absolute Gasteiger partial charge is 0.487 e. The number of carbonyl (C=O) groups excluding carboxylic acids is 2. The maximum atomic E-state index is 12.8. The average Bonchev–Trinajstić information content (AvgIpc) is 3.47. The van der Waals surface area contributed by atoms with Gasteiger partial charge in [0.2, 0.25) is 0 Å². The van der Waals surface area contributed by atoms with E-state index < -0.39 is 11.9 Å². The topological polar surface area (TPSA) is 83.3 Å². The first-order valence-electron chi connectivity index (χ1n) is 14.3. The standard InChI is InChI=1S/C36H33N3O4/c1-27(40)31(18-10-16-28-12-4-2-5-13-28)36(41)43-25-23-30-21-22-35(42-24-11-17-29-14-6-3-7-15-29)34(26-30)39-37-32-19-8-9-20-33(32)38-39/h2-17,19-22,26,31H,18,23-25H2,1H3. The highest BCUT2D eigenvalue weighted by Gasteiger charge is 2.23. The molecule has 1 unspecified atom stereocenters. The molecule has 7 heteroatoms. The van der Waals surface area contributed by atoms with E-state index in [1.165, 1.54) is 6.92 Å². The normalized spacial score (nSPS) is 12.1. The number of esters is 1. The number of fused-ring (bicyclic) bond motifs is 1. The van der Waals surface area contributed by atoms with Crippen molar-refractivity contribution in [1.29, 1.82) is 0 Å².